The first-order valence-electron chi connectivity index (χ1n) is 9.47. The zero-order chi connectivity index (χ0) is 19.5. The molecule has 0 saturated carbocycles. The maximum absolute atomic E-state index is 8.02. The zero-order valence-electron chi connectivity index (χ0n) is 17.3. The van der Waals surface area contributed by atoms with Gasteiger partial charge in [-0.25, -0.2) is 9.55 Å². The monoisotopic (exact) mass is 321 g/mol. The van der Waals surface area contributed by atoms with Crippen LogP contribution in [0.4, 0.5) is 0 Å². The van der Waals surface area contributed by atoms with Gasteiger partial charge in [-0.05, 0) is 57.2 Å². The van der Waals surface area contributed by atoms with E-state index >= 15 is 0 Å². The van der Waals surface area contributed by atoms with Gasteiger partial charge in [-0.1, -0.05) is 0 Å². The molecule has 0 spiro atoms. The molecule has 0 bridgehead atoms. The summed E-state index contributed by atoms with van der Waals surface area (Å²) in [6.45, 7) is 1.46. The topological polar surface area (TPSA) is 33.2 Å². The van der Waals surface area contributed by atoms with E-state index in [1.807, 2.05) is 61.7 Å². The van der Waals surface area contributed by atoms with Crippen LogP contribution in [-0.4, -0.2) is 23.7 Å². The molecule has 4 rings (SSSR count). The molecule has 24 heavy (non-hydrogen) atoms. The van der Waals surface area contributed by atoms with Gasteiger partial charge in [0.15, 0.2) is 11.8 Å². The summed E-state index contributed by atoms with van der Waals surface area (Å²) in [6, 6.07) is 7.93. The minimum Gasteiger partial charge on any atom is -0.449 e. The molecule has 1 aliphatic rings. The Morgan fingerprint density at radius 1 is 1.29 bits per heavy atom. The third-order valence-electron chi connectivity index (χ3n) is 4.60. The summed E-state index contributed by atoms with van der Waals surface area (Å²) in [5, 5.41) is 0.742. The lowest BCUT2D eigenvalue weighted by Gasteiger charge is -2.26. The number of fused-ring (bicyclic) bond motifs is 3. The van der Waals surface area contributed by atoms with E-state index in [1.165, 1.54) is 0 Å². The normalized spacial score (nSPS) is 16.5. The van der Waals surface area contributed by atoms with E-state index in [-0.39, 0.29) is 12.4 Å². The number of pyridine rings is 2. The van der Waals surface area contributed by atoms with Crippen molar-refractivity contribution < 1.29 is 13.1 Å². The molecule has 0 aromatic carbocycles. The molecular weight excluding hydrogens is 297 g/mol. The van der Waals surface area contributed by atoms with Crippen molar-refractivity contribution in [2.24, 2.45) is 7.05 Å². The molecule has 5 heteroatoms. The van der Waals surface area contributed by atoms with Crippen LogP contribution in [0.3, 0.4) is 0 Å². The zero-order valence-corrected chi connectivity index (χ0v) is 14.3. The van der Waals surface area contributed by atoms with Crippen LogP contribution in [0.25, 0.3) is 16.7 Å². The number of allylic oxidation sites excluding steroid dienone is 1. The standard InChI is InChI=1S/C19H21BN3O/c1-12-8-9-22(4)16(10-12)20-18-17(13(2)11-23(20)5)15-7-6-14(3)21-19(15)24-18/h6-11H,1-5H3/q+1/i2D3. The summed E-state index contributed by atoms with van der Waals surface area (Å²) in [5.41, 5.74) is 5.02. The predicted molar refractivity (Wildman–Crippen MR) is 97.5 cm³/mol. The maximum atomic E-state index is 8.02. The van der Waals surface area contributed by atoms with Gasteiger partial charge in [-0.15, -0.1) is 0 Å². The van der Waals surface area contributed by atoms with Crippen molar-refractivity contribution in [3.05, 3.63) is 53.5 Å². The number of furan rings is 1. The minimum atomic E-state index is -2.25. The van der Waals surface area contributed by atoms with Crippen LogP contribution in [0.1, 0.15) is 27.8 Å². The fraction of sp³-hybridized carbons (Fsp3) is 0.263. The fourth-order valence-electron chi connectivity index (χ4n) is 3.40. The Morgan fingerprint density at radius 3 is 2.92 bits per heavy atom. The van der Waals surface area contributed by atoms with Gasteiger partial charge in [-0.2, -0.15) is 0 Å². The first kappa shape index (κ1) is 11.9. The van der Waals surface area contributed by atoms with Crippen LogP contribution in [0, 0.1) is 13.8 Å². The predicted octanol–water partition coefficient (Wildman–Crippen LogP) is 1.68. The van der Waals surface area contributed by atoms with E-state index in [2.05, 4.69) is 11.1 Å². The van der Waals surface area contributed by atoms with Crippen molar-refractivity contribution in [3.63, 3.8) is 0 Å². The molecule has 1 aliphatic heterocycles. The number of aromatic nitrogens is 2. The fourth-order valence-corrected chi connectivity index (χ4v) is 3.40. The smallest absolute Gasteiger partial charge is 0.443 e. The Labute approximate surface area is 146 Å². The number of hydrogen-bond acceptors (Lipinski definition) is 3. The number of nitrogens with zero attached hydrogens (tertiary/aromatic N) is 3. The van der Waals surface area contributed by atoms with E-state index in [1.54, 1.807) is 6.20 Å². The van der Waals surface area contributed by atoms with Gasteiger partial charge in [-0.3, -0.25) is 0 Å². The Balaban J connectivity index is 2.05. The summed E-state index contributed by atoms with van der Waals surface area (Å²) in [4.78, 5) is 6.40. The molecule has 0 amide bonds. The quantitative estimate of drug-likeness (QED) is 0.505. The molecule has 0 N–H and O–H groups in total. The lowest BCUT2D eigenvalue weighted by Crippen LogP contribution is -2.65. The minimum absolute atomic E-state index is 0.231. The second kappa shape index (κ2) is 5.23. The van der Waals surface area contributed by atoms with Gasteiger partial charge >= 0.3 is 6.85 Å². The summed E-state index contributed by atoms with van der Waals surface area (Å²) < 4.78 is 32.3. The molecule has 0 unspecified atom stereocenters. The van der Waals surface area contributed by atoms with Gasteiger partial charge in [0.05, 0.1) is 0 Å². The Kier molecular flexibility index (Phi) is 2.59. The Hall–Kier alpha value is -2.56. The molecule has 4 nitrogen and oxygen atoms in total. The van der Waals surface area contributed by atoms with Gasteiger partial charge in [0.2, 0.25) is 5.71 Å². The molecule has 0 fully saturated rings. The second-order valence-corrected chi connectivity index (χ2v) is 6.50. The highest BCUT2D eigenvalue weighted by Gasteiger charge is 2.41. The lowest BCUT2D eigenvalue weighted by atomic mass is 9.52. The summed E-state index contributed by atoms with van der Waals surface area (Å²) in [5.74, 6) is 0. The Bertz CT molecular complexity index is 1090. The van der Waals surface area contributed by atoms with Gasteiger partial charge < -0.3 is 9.23 Å². The number of aryl methyl sites for hydroxylation is 3. The SMILES string of the molecule is [2H]C([2H])([2H])C1=CN(C)B(c2cc(C)cc[n+]2C)c2oc3nc(C)ccc3c21. The van der Waals surface area contributed by atoms with Crippen molar-refractivity contribution >= 4 is 34.8 Å². The highest BCUT2D eigenvalue weighted by atomic mass is 16.3. The highest BCUT2D eigenvalue weighted by Crippen LogP contribution is 2.28. The second-order valence-electron chi connectivity index (χ2n) is 6.50. The van der Waals surface area contributed by atoms with Crippen molar-refractivity contribution in [3.8, 4) is 0 Å². The van der Waals surface area contributed by atoms with Gasteiger partial charge in [0.25, 0.3) is 0 Å². The summed E-state index contributed by atoms with van der Waals surface area (Å²) in [6.07, 6.45) is 3.73. The number of hydrogen-bond donors (Lipinski definition) is 0. The van der Waals surface area contributed by atoms with Crippen LogP contribution in [0.5, 0.6) is 0 Å². The summed E-state index contributed by atoms with van der Waals surface area (Å²) >= 11 is 0. The van der Waals surface area contributed by atoms with Crippen molar-refractivity contribution in [1.29, 1.82) is 0 Å². The van der Waals surface area contributed by atoms with Crippen LogP contribution in [0.2, 0.25) is 0 Å². The van der Waals surface area contributed by atoms with E-state index in [0.29, 0.717) is 16.9 Å². The van der Waals surface area contributed by atoms with Crippen LogP contribution < -0.4 is 15.8 Å². The average molecular weight is 321 g/mol. The molecule has 3 aromatic heterocycles. The maximum Gasteiger partial charge on any atom is 0.443 e. The van der Waals surface area contributed by atoms with E-state index in [0.717, 1.165) is 22.2 Å². The third-order valence-corrected chi connectivity index (χ3v) is 4.60. The van der Waals surface area contributed by atoms with Crippen molar-refractivity contribution in [2.75, 3.05) is 7.05 Å². The molecule has 0 saturated heterocycles. The molecule has 0 radical (unpaired) electrons. The van der Waals surface area contributed by atoms with E-state index < -0.39 is 6.85 Å². The summed E-state index contributed by atoms with van der Waals surface area (Å²) in [7, 11) is 3.86. The van der Waals surface area contributed by atoms with Crippen LogP contribution >= 0.6 is 0 Å². The molecule has 4 heterocycles. The lowest BCUT2D eigenvalue weighted by molar-refractivity contribution is -0.654. The van der Waals surface area contributed by atoms with Gasteiger partial charge in [0, 0.05) is 32.9 Å². The number of rotatable bonds is 1. The van der Waals surface area contributed by atoms with Crippen molar-refractivity contribution in [1.82, 2.24) is 9.79 Å². The third kappa shape index (κ3) is 2.15. The molecule has 3 aromatic rings. The van der Waals surface area contributed by atoms with E-state index in [4.69, 9.17) is 8.53 Å². The Morgan fingerprint density at radius 2 is 2.12 bits per heavy atom. The highest BCUT2D eigenvalue weighted by molar-refractivity contribution is 6.82. The van der Waals surface area contributed by atoms with Crippen LogP contribution in [0.15, 0.2) is 41.1 Å². The largest absolute Gasteiger partial charge is 0.449 e. The van der Waals surface area contributed by atoms with Crippen LogP contribution in [-0.2, 0) is 7.05 Å². The molecule has 120 valence electrons. The first-order chi connectivity index (χ1) is 12.7. The average Bonchev–Trinajstić information content (AvgIpc) is 2.93. The molecule has 0 atom stereocenters. The first-order valence-corrected chi connectivity index (χ1v) is 7.97. The molecule has 0 aliphatic carbocycles. The van der Waals surface area contributed by atoms with E-state index in [9.17, 15) is 0 Å². The van der Waals surface area contributed by atoms with Gasteiger partial charge in [0.1, 0.15) is 12.7 Å². The van der Waals surface area contributed by atoms with Crippen molar-refractivity contribution in [2.45, 2.75) is 20.7 Å². The molecular formula is C19H21BN3O+.